The van der Waals surface area contributed by atoms with Crippen molar-refractivity contribution < 1.29 is 0 Å². The maximum atomic E-state index is 8.29. The molecule has 1 heterocycles. The summed E-state index contributed by atoms with van der Waals surface area (Å²) in [5.41, 5.74) is 3.12. The van der Waals surface area contributed by atoms with Crippen molar-refractivity contribution in [2.24, 2.45) is 0 Å². The van der Waals surface area contributed by atoms with E-state index in [0.29, 0.717) is 22.5 Å². The van der Waals surface area contributed by atoms with Crippen LogP contribution in [0, 0.1) is 34.0 Å². The van der Waals surface area contributed by atoms with Gasteiger partial charge in [0.05, 0.1) is 34.9 Å². The van der Waals surface area contributed by atoms with Crippen LogP contribution in [0.4, 0.5) is 0 Å². The number of allylic oxidation sites excluding steroid dienone is 1. The number of rotatable bonds is 1. The molecule has 5 aromatic rings. The van der Waals surface area contributed by atoms with E-state index in [0.717, 1.165) is 5.56 Å². The van der Waals surface area contributed by atoms with Crippen molar-refractivity contribution in [2.75, 3.05) is 0 Å². The van der Waals surface area contributed by atoms with Gasteiger partial charge in [0.25, 0.3) is 0 Å². The van der Waals surface area contributed by atoms with Gasteiger partial charge in [-0.25, -0.2) is 0 Å². The molecule has 0 amide bonds. The molecule has 0 aliphatic carbocycles. The Balaban J connectivity index is -0.0000000539. The summed E-state index contributed by atoms with van der Waals surface area (Å²) in [5.74, 6) is 0.630. The van der Waals surface area contributed by atoms with E-state index in [2.05, 4.69) is 123 Å². The Labute approximate surface area is 393 Å². The molecular weight excluding hydrogens is 771 g/mol. The molecule has 63 heavy (non-hydrogen) atoms. The van der Waals surface area contributed by atoms with Gasteiger partial charge >= 0.3 is 0 Å². The van der Waals surface area contributed by atoms with E-state index in [1.807, 2.05) is 124 Å². The molecule has 0 saturated heterocycles. The number of H-pyrrole nitrogens is 1. The Kier molecular flexibility index (Phi) is 123. The molecule has 7 heteroatoms. The molecule has 356 valence electrons. The van der Waals surface area contributed by atoms with Crippen LogP contribution in [0.25, 0.3) is 11.4 Å². The number of hydrogen-bond acceptors (Lipinski definition) is 6. The first kappa shape index (κ1) is 84.4. The second-order valence-corrected chi connectivity index (χ2v) is 11.2. The van der Waals surface area contributed by atoms with Gasteiger partial charge in [-0.2, -0.15) is 21.0 Å². The summed E-state index contributed by atoms with van der Waals surface area (Å²) < 4.78 is 0. The molecule has 0 bridgehead atoms. The highest BCUT2D eigenvalue weighted by molar-refractivity contribution is 5.52. The molecule has 0 spiro atoms. The van der Waals surface area contributed by atoms with Gasteiger partial charge in [-0.15, -0.1) is 29.9 Å². The Morgan fingerprint density at radius 1 is 0.460 bits per heavy atom. The minimum Gasteiger partial charge on any atom is -0.192 e. The predicted octanol–water partition coefficient (Wildman–Crippen LogP) is 19.0. The van der Waals surface area contributed by atoms with Gasteiger partial charge in [-0.1, -0.05) is 249 Å². The largest absolute Gasteiger partial charge is 0.204 e. The van der Waals surface area contributed by atoms with E-state index < -0.39 is 0 Å². The Hall–Kier alpha value is -6.10. The van der Waals surface area contributed by atoms with Crippen molar-refractivity contribution in [2.45, 2.75) is 165 Å². The van der Waals surface area contributed by atoms with Crippen LogP contribution in [0.3, 0.4) is 0 Å². The van der Waals surface area contributed by atoms with Crippen LogP contribution in [-0.4, -0.2) is 20.6 Å². The third-order valence-corrected chi connectivity index (χ3v) is 4.09. The molecule has 1 aromatic heterocycles. The fourth-order valence-corrected chi connectivity index (χ4v) is 2.41. The molecule has 0 unspecified atom stereocenters. The minimum absolute atomic E-state index is 0. The Morgan fingerprint density at radius 3 is 0.794 bits per heavy atom. The fourth-order valence-electron chi connectivity index (χ4n) is 2.41. The summed E-state index contributed by atoms with van der Waals surface area (Å²) >= 11 is 0. The molecule has 4 aromatic carbocycles. The lowest BCUT2D eigenvalue weighted by Crippen LogP contribution is -1.78. The van der Waals surface area contributed by atoms with Crippen molar-refractivity contribution in [1.82, 2.24) is 20.6 Å². The summed E-state index contributed by atoms with van der Waals surface area (Å²) in [6.45, 7) is 40.8. The van der Waals surface area contributed by atoms with Crippen LogP contribution >= 0.6 is 0 Å². The van der Waals surface area contributed by atoms with Crippen LogP contribution in [0.2, 0.25) is 0 Å². The van der Waals surface area contributed by atoms with E-state index in [-0.39, 0.29) is 22.3 Å². The summed E-state index contributed by atoms with van der Waals surface area (Å²) in [4.78, 5) is 0. The molecule has 0 aliphatic heterocycles. The highest BCUT2D eigenvalue weighted by Crippen LogP contribution is 2.10. The Bertz CT molecular complexity index is 1370. The number of aromatic amines is 1. The zero-order valence-corrected chi connectivity index (χ0v) is 40.7. The average Bonchev–Trinajstić information content (AvgIpc) is 3.85. The van der Waals surface area contributed by atoms with Crippen molar-refractivity contribution in [3.05, 3.63) is 164 Å². The smallest absolute Gasteiger partial charge is 0.192 e. The second kappa shape index (κ2) is 91.5. The standard InChI is InChI=1S/C7H6N4.3C7H5N.6C3H8.C3H6.C2H6.C2H4.3CH4/c1-2-4-6(5-3-1)7-8-10-11-9-7;3*8-6-7-4-2-1-3-5-7;7*1-3-2;2*1-2;;;/h1-5H,(H,8,9,10,11);3*1-5H;6*3H2,1-2H3;3H,1H2,2H3;1-2H3;1-2H2;3*1H4. The number of nitriles is 3. The van der Waals surface area contributed by atoms with Crippen LogP contribution in [0.1, 0.15) is 181 Å². The van der Waals surface area contributed by atoms with Gasteiger partial charge in [0, 0.05) is 5.56 Å². The van der Waals surface area contributed by atoms with Gasteiger partial charge < -0.3 is 0 Å². The molecule has 7 nitrogen and oxygen atoms in total. The number of hydrogen-bond donors (Lipinski definition) is 1. The van der Waals surface area contributed by atoms with E-state index in [9.17, 15) is 0 Å². The Morgan fingerprint density at radius 2 is 0.651 bits per heavy atom. The third-order valence-electron chi connectivity index (χ3n) is 4.09. The fraction of sp³-hybridized carbons (Fsp3) is 0.429. The molecule has 0 saturated carbocycles. The molecule has 1 N–H and O–H groups in total. The SMILES string of the molecule is C.C.C.C=C.C=CC.CC.CCC.CCC.CCC.CCC.CCC.CCC.N#Cc1ccccc1.N#Cc1ccccc1.N#Cc1ccccc1.c1ccc(-c2nn[nH]n2)cc1. The van der Waals surface area contributed by atoms with E-state index >= 15 is 0 Å². The van der Waals surface area contributed by atoms with E-state index in [1.165, 1.54) is 38.5 Å². The minimum atomic E-state index is 0. The van der Waals surface area contributed by atoms with Crippen molar-refractivity contribution >= 4 is 0 Å². The topological polar surface area (TPSA) is 126 Å². The van der Waals surface area contributed by atoms with Crippen molar-refractivity contribution in [3.63, 3.8) is 0 Å². The number of aromatic nitrogens is 4. The summed E-state index contributed by atoms with van der Waals surface area (Å²) in [5, 5.41) is 38.4. The maximum Gasteiger partial charge on any atom is 0.204 e. The second-order valence-electron chi connectivity index (χ2n) is 11.2. The normalized spacial score (nSPS) is 6.79. The third kappa shape index (κ3) is 88.2. The van der Waals surface area contributed by atoms with Gasteiger partial charge in [0.1, 0.15) is 0 Å². The number of nitrogens with one attached hydrogen (secondary N) is 1. The van der Waals surface area contributed by atoms with Crippen molar-refractivity contribution in [1.29, 1.82) is 15.8 Å². The summed E-state index contributed by atoms with van der Waals surface area (Å²) in [7, 11) is 0. The lowest BCUT2D eigenvalue weighted by Gasteiger charge is -1.89. The molecular formula is C56H97N7. The predicted molar refractivity (Wildman–Crippen MR) is 288 cm³/mol. The van der Waals surface area contributed by atoms with E-state index in [1.54, 1.807) is 42.5 Å². The molecule has 0 fully saturated rings. The number of nitrogens with zero attached hydrogens (tertiary/aromatic N) is 6. The first-order valence-corrected chi connectivity index (χ1v) is 21.4. The quantitative estimate of drug-likeness (QED) is 0.167. The van der Waals surface area contributed by atoms with Crippen LogP contribution < -0.4 is 0 Å². The lowest BCUT2D eigenvalue weighted by atomic mass is 10.2. The van der Waals surface area contributed by atoms with Crippen LogP contribution in [0.15, 0.2) is 147 Å². The number of benzene rings is 4. The molecule has 5 rings (SSSR count). The summed E-state index contributed by atoms with van der Waals surface area (Å²) in [6.07, 6.45) is 9.25. The van der Waals surface area contributed by atoms with Gasteiger partial charge in [0.2, 0.25) is 5.82 Å². The van der Waals surface area contributed by atoms with Gasteiger partial charge in [0.15, 0.2) is 0 Å². The highest BCUT2D eigenvalue weighted by Gasteiger charge is 1.98. The first-order valence-electron chi connectivity index (χ1n) is 21.4. The monoisotopic (exact) mass is 868 g/mol. The average molecular weight is 868 g/mol. The number of tetrazole rings is 1. The van der Waals surface area contributed by atoms with E-state index in [4.69, 9.17) is 15.8 Å². The summed E-state index contributed by atoms with van der Waals surface area (Å²) in [6, 6.07) is 43.2. The van der Waals surface area contributed by atoms with Crippen LogP contribution in [-0.2, 0) is 0 Å². The first-order chi connectivity index (χ1) is 29.2. The maximum absolute atomic E-state index is 8.29. The van der Waals surface area contributed by atoms with Crippen LogP contribution in [0.5, 0.6) is 0 Å². The van der Waals surface area contributed by atoms with Crippen molar-refractivity contribution in [3.8, 4) is 29.6 Å². The molecule has 0 aliphatic rings. The highest BCUT2D eigenvalue weighted by atomic mass is 15.5. The van der Waals surface area contributed by atoms with Gasteiger partial charge in [-0.05, 0) is 48.5 Å². The lowest BCUT2D eigenvalue weighted by molar-refractivity contribution is 0.881. The molecule has 0 radical (unpaired) electrons. The zero-order valence-electron chi connectivity index (χ0n) is 40.7. The zero-order chi connectivity index (χ0) is 47.9. The van der Waals surface area contributed by atoms with Gasteiger partial charge in [-0.3, -0.25) is 0 Å². The molecule has 0 atom stereocenters.